The smallest absolute Gasteiger partial charge is 0.410 e. The normalized spacial score (nSPS) is 28.3. The third-order valence-corrected chi connectivity index (χ3v) is 12.2. The Morgan fingerprint density at radius 3 is 2.53 bits per heavy atom. The van der Waals surface area contributed by atoms with Crippen molar-refractivity contribution in [3.05, 3.63) is 46.5 Å². The van der Waals surface area contributed by atoms with E-state index in [-0.39, 0.29) is 38.9 Å². The molecule has 0 radical (unpaired) electrons. The van der Waals surface area contributed by atoms with Crippen molar-refractivity contribution < 1.29 is 41.9 Å². The van der Waals surface area contributed by atoms with Gasteiger partial charge in [-0.3, -0.25) is 24.0 Å². The first-order valence-corrected chi connectivity index (χ1v) is 19.6. The molecule has 14 nitrogen and oxygen atoms in total. The third-order valence-electron chi connectivity index (χ3n) is 9.99. The minimum Gasteiger partial charge on any atom is -0.444 e. The van der Waals surface area contributed by atoms with Gasteiger partial charge in [0.1, 0.15) is 29.3 Å². The zero-order valence-corrected chi connectivity index (χ0v) is 30.7. The van der Waals surface area contributed by atoms with Crippen molar-refractivity contribution in [2.24, 2.45) is 5.92 Å². The van der Waals surface area contributed by atoms with Gasteiger partial charge in [-0.1, -0.05) is 48.7 Å². The number of ether oxygens (including phenoxy) is 2. The average molecular weight is 748 g/mol. The SMILES string of the molecule is CC(C)(C)OC(=O)N[C@H]1CCCCCC=C[C@@H]2C[C@@]2(C(=O)NS(=O)(=O)C2CC2)NC(=O)[C@@H]2C[C@@H](OC(=O)N3Cc4cccc(Cl)c4C3)CN2C1=O. The molecule has 0 aromatic heterocycles. The van der Waals surface area contributed by atoms with E-state index in [4.69, 9.17) is 21.1 Å². The topological polar surface area (TPSA) is 181 Å². The van der Waals surface area contributed by atoms with E-state index in [1.54, 1.807) is 32.9 Å². The molecule has 0 spiro atoms. The summed E-state index contributed by atoms with van der Waals surface area (Å²) in [4.78, 5) is 71.1. The van der Waals surface area contributed by atoms with Crippen molar-refractivity contribution in [2.75, 3.05) is 6.54 Å². The highest BCUT2D eigenvalue weighted by Gasteiger charge is 2.62. The number of nitrogens with one attached hydrogen (secondary N) is 3. The molecule has 0 unspecified atom stereocenters. The van der Waals surface area contributed by atoms with Crippen LogP contribution in [0.1, 0.15) is 89.7 Å². The highest BCUT2D eigenvalue weighted by molar-refractivity contribution is 7.91. The van der Waals surface area contributed by atoms with Crippen LogP contribution < -0.4 is 15.4 Å². The Labute approximate surface area is 303 Å². The number of fused-ring (bicyclic) bond motifs is 3. The van der Waals surface area contributed by atoms with Crippen LogP contribution in [0.4, 0.5) is 9.59 Å². The average Bonchev–Trinajstić information content (AvgIpc) is 3.93. The summed E-state index contributed by atoms with van der Waals surface area (Å²) in [5, 5.41) is 5.39. The standard InChI is InChI=1S/C35H46ClN5O9S/c1-34(2,3)50-32(45)37-27-13-8-6-4-5-7-11-22-17-35(22,31(44)39-51(47,48)24-14-15-24)38-29(42)28-16-23(19-41(28)30(27)43)49-33(46)40-18-21-10-9-12-26(36)25(21)20-40/h7,9-12,22-24,27-28H,4-6,8,13-20H2,1-3H3,(H,37,45)(H,38,42)(H,39,44)/t22-,23-,27+,28+,35-/m1/s1. The number of rotatable bonds is 5. The first-order chi connectivity index (χ1) is 24.1. The number of hydrogen-bond acceptors (Lipinski definition) is 9. The first kappa shape index (κ1) is 36.9. The fourth-order valence-electron chi connectivity index (χ4n) is 7.02. The van der Waals surface area contributed by atoms with Gasteiger partial charge in [-0.2, -0.15) is 0 Å². The summed E-state index contributed by atoms with van der Waals surface area (Å²) >= 11 is 6.35. The third kappa shape index (κ3) is 8.45. The largest absolute Gasteiger partial charge is 0.444 e. The van der Waals surface area contributed by atoms with Crippen LogP contribution in [0, 0.1) is 5.92 Å². The zero-order valence-electron chi connectivity index (χ0n) is 29.1. The highest BCUT2D eigenvalue weighted by Crippen LogP contribution is 2.46. The second-order valence-electron chi connectivity index (χ2n) is 15.2. The number of amides is 5. The molecule has 3 heterocycles. The molecule has 6 rings (SSSR count). The first-order valence-electron chi connectivity index (χ1n) is 17.6. The molecular weight excluding hydrogens is 702 g/mol. The number of carbonyl (C=O) groups excluding carboxylic acids is 5. The van der Waals surface area contributed by atoms with Crippen LogP contribution in [0.2, 0.25) is 5.02 Å². The van der Waals surface area contributed by atoms with E-state index in [2.05, 4.69) is 15.4 Å². The van der Waals surface area contributed by atoms with Gasteiger partial charge in [0.05, 0.1) is 18.3 Å². The molecule has 51 heavy (non-hydrogen) atoms. The van der Waals surface area contributed by atoms with Crippen LogP contribution in [0.25, 0.3) is 0 Å². The van der Waals surface area contributed by atoms with Gasteiger partial charge in [-0.15, -0.1) is 0 Å². The summed E-state index contributed by atoms with van der Waals surface area (Å²) < 4.78 is 39.0. The molecule has 16 heteroatoms. The Balaban J connectivity index is 1.25. The molecule has 3 fully saturated rings. The molecule has 3 N–H and O–H groups in total. The predicted octanol–water partition coefficient (Wildman–Crippen LogP) is 3.66. The van der Waals surface area contributed by atoms with Crippen molar-refractivity contribution in [3.8, 4) is 0 Å². The summed E-state index contributed by atoms with van der Waals surface area (Å²) in [7, 11) is -3.90. The Hall–Kier alpha value is -3.85. The van der Waals surface area contributed by atoms with E-state index in [9.17, 15) is 32.4 Å². The quantitative estimate of drug-likeness (QED) is 0.379. The molecule has 1 aromatic carbocycles. The maximum Gasteiger partial charge on any atom is 0.410 e. The van der Waals surface area contributed by atoms with Crippen LogP contribution in [-0.4, -0.2) is 89.2 Å². The van der Waals surface area contributed by atoms with Crippen LogP contribution >= 0.6 is 11.6 Å². The molecule has 1 saturated heterocycles. The molecular formula is C35H46ClN5O9S. The number of halogens is 1. The fourth-order valence-corrected chi connectivity index (χ4v) is 8.64. The molecule has 5 amide bonds. The maximum absolute atomic E-state index is 14.3. The van der Waals surface area contributed by atoms with E-state index in [0.717, 1.165) is 24.0 Å². The minimum absolute atomic E-state index is 0.0808. The predicted molar refractivity (Wildman–Crippen MR) is 186 cm³/mol. The van der Waals surface area contributed by atoms with E-state index in [1.807, 2.05) is 18.2 Å². The van der Waals surface area contributed by atoms with Gasteiger partial charge < -0.3 is 25.0 Å². The number of hydrogen-bond donors (Lipinski definition) is 3. The Kier molecular flexibility index (Phi) is 10.3. The van der Waals surface area contributed by atoms with E-state index >= 15 is 0 Å². The lowest BCUT2D eigenvalue weighted by Crippen LogP contribution is -2.58. The molecule has 5 aliphatic rings. The van der Waals surface area contributed by atoms with Crippen molar-refractivity contribution in [2.45, 2.75) is 126 Å². The second kappa shape index (κ2) is 14.3. The Bertz CT molecular complexity index is 1730. The summed E-state index contributed by atoms with van der Waals surface area (Å²) in [6, 6.07) is 3.19. The van der Waals surface area contributed by atoms with Crippen LogP contribution in [0.3, 0.4) is 0 Å². The number of allylic oxidation sites excluding steroid dienone is 1. The van der Waals surface area contributed by atoms with Gasteiger partial charge in [0.15, 0.2) is 0 Å². The van der Waals surface area contributed by atoms with Gasteiger partial charge in [0.25, 0.3) is 5.91 Å². The van der Waals surface area contributed by atoms with Gasteiger partial charge in [0, 0.05) is 23.9 Å². The molecule has 2 saturated carbocycles. The number of carbonyl (C=O) groups is 5. The summed E-state index contributed by atoms with van der Waals surface area (Å²) in [6.07, 6.45) is 5.50. The number of benzene rings is 1. The summed E-state index contributed by atoms with van der Waals surface area (Å²) in [5.74, 6) is -2.53. The van der Waals surface area contributed by atoms with Crippen LogP contribution in [-0.2, 0) is 47.0 Å². The zero-order chi connectivity index (χ0) is 36.7. The van der Waals surface area contributed by atoms with Crippen molar-refractivity contribution in [1.29, 1.82) is 0 Å². The van der Waals surface area contributed by atoms with Gasteiger partial charge in [-0.25, -0.2) is 18.0 Å². The molecule has 0 bridgehead atoms. The molecule has 2 aliphatic carbocycles. The fraction of sp³-hybridized carbons (Fsp3) is 0.629. The number of sulfonamides is 1. The molecule has 5 atom stereocenters. The van der Waals surface area contributed by atoms with Crippen molar-refractivity contribution in [3.63, 3.8) is 0 Å². The number of alkyl carbamates (subject to hydrolysis) is 1. The van der Waals surface area contributed by atoms with Crippen molar-refractivity contribution >= 4 is 51.5 Å². The van der Waals surface area contributed by atoms with Crippen LogP contribution in [0.5, 0.6) is 0 Å². The second-order valence-corrected chi connectivity index (χ2v) is 17.6. The number of nitrogens with zero attached hydrogens (tertiary/aromatic N) is 2. The molecule has 3 aliphatic heterocycles. The lowest BCUT2D eigenvalue weighted by Gasteiger charge is -2.30. The lowest BCUT2D eigenvalue weighted by atomic mass is 10.0. The van der Waals surface area contributed by atoms with Crippen LogP contribution in [0.15, 0.2) is 30.4 Å². The lowest BCUT2D eigenvalue weighted by molar-refractivity contribution is -0.141. The highest BCUT2D eigenvalue weighted by atomic mass is 35.5. The van der Waals surface area contributed by atoms with E-state index in [1.165, 1.54) is 9.80 Å². The van der Waals surface area contributed by atoms with E-state index in [0.29, 0.717) is 30.7 Å². The summed E-state index contributed by atoms with van der Waals surface area (Å²) in [5.41, 5.74) is -0.643. The monoisotopic (exact) mass is 747 g/mol. The van der Waals surface area contributed by atoms with E-state index < -0.39 is 80.4 Å². The Morgan fingerprint density at radius 1 is 1.06 bits per heavy atom. The Morgan fingerprint density at radius 2 is 1.82 bits per heavy atom. The molecule has 1 aromatic rings. The summed E-state index contributed by atoms with van der Waals surface area (Å²) in [6.45, 7) is 5.50. The minimum atomic E-state index is -3.90. The van der Waals surface area contributed by atoms with Gasteiger partial charge in [0.2, 0.25) is 21.8 Å². The maximum atomic E-state index is 14.3. The van der Waals surface area contributed by atoms with Crippen molar-refractivity contribution in [1.82, 2.24) is 25.2 Å². The molecule has 278 valence electrons. The van der Waals surface area contributed by atoms with Gasteiger partial charge in [-0.05, 0) is 76.5 Å². The van der Waals surface area contributed by atoms with Gasteiger partial charge >= 0.3 is 12.2 Å².